The number of ether oxygens (including phenoxy) is 1. The zero-order valence-electron chi connectivity index (χ0n) is 8.49. The molecule has 2 aliphatic rings. The summed E-state index contributed by atoms with van der Waals surface area (Å²) in [6, 6.07) is 0.298. The van der Waals surface area contributed by atoms with E-state index in [1.165, 1.54) is 0 Å². The number of morpholine rings is 1. The number of aliphatic hydroxyl groups is 1. The van der Waals surface area contributed by atoms with Crippen LogP contribution in [0.2, 0.25) is 0 Å². The van der Waals surface area contributed by atoms with E-state index in [1.807, 2.05) is 0 Å². The van der Waals surface area contributed by atoms with Gasteiger partial charge in [-0.25, -0.2) is 0 Å². The fourth-order valence-corrected chi connectivity index (χ4v) is 2.29. The Bertz CT molecular complexity index is 191. The number of nitrogens with zero attached hydrogens (tertiary/aromatic N) is 1. The van der Waals surface area contributed by atoms with E-state index in [9.17, 15) is 5.11 Å². The Kier molecular flexibility index (Phi) is 2.34. The van der Waals surface area contributed by atoms with Crippen molar-refractivity contribution in [2.75, 3.05) is 26.3 Å². The zero-order chi connectivity index (χ0) is 9.47. The van der Waals surface area contributed by atoms with Crippen molar-refractivity contribution in [2.24, 2.45) is 5.92 Å². The lowest BCUT2D eigenvalue weighted by atomic mass is 10.1. The Morgan fingerprint density at radius 3 is 2.46 bits per heavy atom. The van der Waals surface area contributed by atoms with Crippen molar-refractivity contribution >= 4 is 0 Å². The van der Waals surface area contributed by atoms with Crippen molar-refractivity contribution in [1.82, 2.24) is 4.90 Å². The van der Waals surface area contributed by atoms with Crippen LogP contribution in [-0.2, 0) is 4.74 Å². The van der Waals surface area contributed by atoms with Crippen molar-refractivity contribution in [1.29, 1.82) is 0 Å². The highest BCUT2D eigenvalue weighted by atomic mass is 16.5. The molecule has 3 unspecified atom stereocenters. The summed E-state index contributed by atoms with van der Waals surface area (Å²) < 4.78 is 5.29. The van der Waals surface area contributed by atoms with E-state index in [0.29, 0.717) is 12.0 Å². The second kappa shape index (κ2) is 3.23. The van der Waals surface area contributed by atoms with Gasteiger partial charge < -0.3 is 9.84 Å². The van der Waals surface area contributed by atoms with Crippen LogP contribution in [-0.4, -0.2) is 48.0 Å². The van der Waals surface area contributed by atoms with Crippen molar-refractivity contribution in [3.63, 3.8) is 0 Å². The van der Waals surface area contributed by atoms with E-state index in [0.717, 1.165) is 32.7 Å². The van der Waals surface area contributed by atoms with Crippen molar-refractivity contribution in [3.8, 4) is 0 Å². The molecule has 2 fully saturated rings. The minimum atomic E-state index is -0.405. The lowest BCUT2D eigenvalue weighted by molar-refractivity contribution is -0.0297. The predicted octanol–water partition coefficient (Wildman–Crippen LogP) is 0.478. The maximum Gasteiger partial charge on any atom is 0.0829 e. The molecule has 0 aromatic heterocycles. The third-order valence-corrected chi connectivity index (χ3v) is 3.64. The topological polar surface area (TPSA) is 32.7 Å². The smallest absolute Gasteiger partial charge is 0.0829 e. The van der Waals surface area contributed by atoms with Crippen LogP contribution in [0.4, 0.5) is 0 Å². The standard InChI is InChI=1S/C10H19NO2/c1-8-7-10(8,12)9(2)11-3-5-13-6-4-11/h8-9,12H,3-7H2,1-2H3. The van der Waals surface area contributed by atoms with Crippen LogP contribution in [0.25, 0.3) is 0 Å². The second-order valence-corrected chi connectivity index (χ2v) is 4.42. The van der Waals surface area contributed by atoms with E-state index in [1.54, 1.807) is 0 Å². The molecular weight excluding hydrogens is 166 g/mol. The van der Waals surface area contributed by atoms with E-state index < -0.39 is 5.60 Å². The third kappa shape index (κ3) is 1.60. The third-order valence-electron chi connectivity index (χ3n) is 3.64. The molecule has 1 saturated heterocycles. The molecule has 1 aliphatic carbocycles. The molecule has 0 bridgehead atoms. The molecule has 3 atom stereocenters. The number of rotatable bonds is 2. The molecule has 0 spiro atoms. The fraction of sp³-hybridized carbons (Fsp3) is 1.00. The van der Waals surface area contributed by atoms with Gasteiger partial charge in [-0.3, -0.25) is 4.90 Å². The number of hydrogen-bond acceptors (Lipinski definition) is 3. The monoisotopic (exact) mass is 185 g/mol. The highest BCUT2D eigenvalue weighted by molar-refractivity contribution is 5.08. The average molecular weight is 185 g/mol. The summed E-state index contributed by atoms with van der Waals surface area (Å²) in [7, 11) is 0. The van der Waals surface area contributed by atoms with Crippen LogP contribution < -0.4 is 0 Å². The van der Waals surface area contributed by atoms with Gasteiger partial charge in [-0.2, -0.15) is 0 Å². The van der Waals surface area contributed by atoms with Crippen LogP contribution >= 0.6 is 0 Å². The summed E-state index contributed by atoms with van der Waals surface area (Å²) in [6.45, 7) is 7.82. The van der Waals surface area contributed by atoms with Gasteiger partial charge in [-0.15, -0.1) is 0 Å². The Hall–Kier alpha value is -0.120. The van der Waals surface area contributed by atoms with E-state index in [2.05, 4.69) is 18.7 Å². The Labute approximate surface area is 79.7 Å². The highest BCUT2D eigenvalue weighted by Crippen LogP contribution is 2.47. The first kappa shape index (κ1) is 9.44. The molecule has 0 amide bonds. The second-order valence-electron chi connectivity index (χ2n) is 4.42. The van der Waals surface area contributed by atoms with E-state index in [-0.39, 0.29) is 0 Å². The summed E-state index contributed by atoms with van der Waals surface area (Å²) in [5.74, 6) is 0.477. The molecular formula is C10H19NO2. The quantitative estimate of drug-likeness (QED) is 0.679. The molecule has 2 rings (SSSR count). The Morgan fingerprint density at radius 1 is 1.46 bits per heavy atom. The minimum Gasteiger partial charge on any atom is -0.388 e. The minimum absolute atomic E-state index is 0.298. The molecule has 76 valence electrons. The van der Waals surface area contributed by atoms with Gasteiger partial charge in [0.25, 0.3) is 0 Å². The molecule has 0 aromatic rings. The van der Waals surface area contributed by atoms with Gasteiger partial charge in [0.15, 0.2) is 0 Å². The first-order chi connectivity index (χ1) is 6.14. The summed E-state index contributed by atoms with van der Waals surface area (Å²) in [5, 5.41) is 10.1. The summed E-state index contributed by atoms with van der Waals surface area (Å²) in [6.07, 6.45) is 0.964. The van der Waals surface area contributed by atoms with E-state index in [4.69, 9.17) is 4.74 Å². The summed E-state index contributed by atoms with van der Waals surface area (Å²) >= 11 is 0. The molecule has 1 aliphatic heterocycles. The van der Waals surface area contributed by atoms with Crippen LogP contribution in [0, 0.1) is 5.92 Å². The highest BCUT2D eigenvalue weighted by Gasteiger charge is 2.55. The molecule has 3 heteroatoms. The van der Waals surface area contributed by atoms with Gasteiger partial charge in [0.1, 0.15) is 0 Å². The molecule has 0 radical (unpaired) electrons. The summed E-state index contributed by atoms with van der Waals surface area (Å²) in [5.41, 5.74) is -0.405. The molecule has 0 aromatic carbocycles. The molecule has 13 heavy (non-hydrogen) atoms. The van der Waals surface area contributed by atoms with Crippen LogP contribution in [0.15, 0.2) is 0 Å². The average Bonchev–Trinajstić information content (AvgIpc) is 2.76. The molecule has 1 N–H and O–H groups in total. The Morgan fingerprint density at radius 2 is 2.00 bits per heavy atom. The van der Waals surface area contributed by atoms with Crippen LogP contribution in [0.3, 0.4) is 0 Å². The zero-order valence-corrected chi connectivity index (χ0v) is 8.49. The maximum absolute atomic E-state index is 10.1. The fourth-order valence-electron chi connectivity index (χ4n) is 2.29. The van der Waals surface area contributed by atoms with Gasteiger partial charge in [0, 0.05) is 19.1 Å². The van der Waals surface area contributed by atoms with Gasteiger partial charge in [-0.05, 0) is 19.3 Å². The van der Waals surface area contributed by atoms with Gasteiger partial charge >= 0.3 is 0 Å². The SMILES string of the molecule is CC1CC1(O)C(C)N1CCOCC1. The summed E-state index contributed by atoms with van der Waals surface area (Å²) in [4.78, 5) is 2.34. The number of hydrogen-bond donors (Lipinski definition) is 1. The van der Waals surface area contributed by atoms with Gasteiger partial charge in [0.05, 0.1) is 18.8 Å². The molecule has 1 saturated carbocycles. The van der Waals surface area contributed by atoms with E-state index >= 15 is 0 Å². The maximum atomic E-state index is 10.1. The van der Waals surface area contributed by atoms with Gasteiger partial charge in [-0.1, -0.05) is 6.92 Å². The van der Waals surface area contributed by atoms with Crippen LogP contribution in [0.5, 0.6) is 0 Å². The van der Waals surface area contributed by atoms with Crippen molar-refractivity contribution < 1.29 is 9.84 Å². The van der Waals surface area contributed by atoms with Crippen molar-refractivity contribution in [2.45, 2.75) is 31.9 Å². The molecule has 3 nitrogen and oxygen atoms in total. The first-order valence-electron chi connectivity index (χ1n) is 5.19. The van der Waals surface area contributed by atoms with Crippen LogP contribution in [0.1, 0.15) is 20.3 Å². The lowest BCUT2D eigenvalue weighted by Gasteiger charge is -2.35. The Balaban J connectivity index is 1.92. The normalized spacial score (nSPS) is 43.2. The van der Waals surface area contributed by atoms with Crippen molar-refractivity contribution in [3.05, 3.63) is 0 Å². The predicted molar refractivity (Wildman–Crippen MR) is 50.6 cm³/mol. The lowest BCUT2D eigenvalue weighted by Crippen LogP contribution is -2.49. The van der Waals surface area contributed by atoms with Gasteiger partial charge in [0.2, 0.25) is 0 Å². The largest absolute Gasteiger partial charge is 0.388 e. The first-order valence-corrected chi connectivity index (χ1v) is 5.19. The molecule has 1 heterocycles.